The smallest absolute Gasteiger partial charge is 0.217 e. The number of rotatable bonds is 5. The van der Waals surface area contributed by atoms with Gasteiger partial charge in [-0.1, -0.05) is 6.07 Å². The van der Waals surface area contributed by atoms with E-state index in [-0.39, 0.29) is 18.3 Å². The minimum atomic E-state index is -0.224. The summed E-state index contributed by atoms with van der Waals surface area (Å²) in [6.45, 7) is 4.78. The lowest BCUT2D eigenvalue weighted by atomic mass is 10.2. The third kappa shape index (κ3) is 4.90. The summed E-state index contributed by atoms with van der Waals surface area (Å²) >= 11 is 0. The van der Waals surface area contributed by atoms with Gasteiger partial charge >= 0.3 is 0 Å². The first-order valence-corrected chi connectivity index (χ1v) is 6.70. The van der Waals surface area contributed by atoms with Crippen LogP contribution in [0.4, 0.5) is 5.69 Å². The average molecular weight is 300 g/mol. The summed E-state index contributed by atoms with van der Waals surface area (Å²) < 4.78 is 0. The number of piperazine rings is 1. The van der Waals surface area contributed by atoms with Crippen LogP contribution in [0, 0.1) is 0 Å². The van der Waals surface area contributed by atoms with Crippen molar-refractivity contribution in [2.45, 2.75) is 12.8 Å². The summed E-state index contributed by atoms with van der Waals surface area (Å²) in [5.41, 5.74) is 6.20. The van der Waals surface area contributed by atoms with Gasteiger partial charge in [-0.15, -0.1) is 12.4 Å². The Balaban J connectivity index is 0.00000200. The Kier molecular flexibility index (Phi) is 6.61. The molecule has 3 N–H and O–H groups in total. The molecule has 1 fully saturated rings. The molecule has 1 aliphatic heterocycles. The topological polar surface area (TPSA) is 69.8 Å². The molecule has 0 radical (unpaired) electrons. The highest BCUT2D eigenvalue weighted by Gasteiger charge is 2.17. The van der Waals surface area contributed by atoms with Crippen molar-refractivity contribution < 1.29 is 9.90 Å². The van der Waals surface area contributed by atoms with Gasteiger partial charge in [0, 0.05) is 44.4 Å². The largest absolute Gasteiger partial charge is 0.508 e. The van der Waals surface area contributed by atoms with Crippen LogP contribution in [0.3, 0.4) is 0 Å². The van der Waals surface area contributed by atoms with Gasteiger partial charge in [-0.25, -0.2) is 0 Å². The molecule has 2 rings (SSSR count). The molecule has 6 heteroatoms. The molecular formula is C14H22ClN3O2. The number of aromatic hydroxyl groups is 1. The predicted octanol–water partition coefficient (Wildman–Crippen LogP) is 1.20. The van der Waals surface area contributed by atoms with E-state index in [1.54, 1.807) is 12.1 Å². The van der Waals surface area contributed by atoms with Gasteiger partial charge in [-0.3, -0.25) is 9.69 Å². The monoisotopic (exact) mass is 299 g/mol. The number of benzene rings is 1. The number of hydrogen-bond donors (Lipinski definition) is 2. The minimum Gasteiger partial charge on any atom is -0.508 e. The highest BCUT2D eigenvalue weighted by molar-refractivity contribution is 5.85. The zero-order valence-corrected chi connectivity index (χ0v) is 12.3. The molecule has 1 aliphatic rings. The van der Waals surface area contributed by atoms with Gasteiger partial charge in [0.05, 0.1) is 0 Å². The van der Waals surface area contributed by atoms with Crippen molar-refractivity contribution in [1.29, 1.82) is 0 Å². The lowest BCUT2D eigenvalue weighted by Crippen LogP contribution is -2.46. The second-order valence-corrected chi connectivity index (χ2v) is 4.92. The number of halogens is 1. The molecule has 1 amide bonds. The van der Waals surface area contributed by atoms with Crippen molar-refractivity contribution in [3.63, 3.8) is 0 Å². The summed E-state index contributed by atoms with van der Waals surface area (Å²) in [7, 11) is 0. The Morgan fingerprint density at radius 2 is 1.95 bits per heavy atom. The first-order valence-electron chi connectivity index (χ1n) is 6.70. The van der Waals surface area contributed by atoms with E-state index in [9.17, 15) is 9.90 Å². The van der Waals surface area contributed by atoms with Gasteiger partial charge in [0.25, 0.3) is 0 Å². The van der Waals surface area contributed by atoms with Gasteiger partial charge in [0.15, 0.2) is 0 Å². The zero-order chi connectivity index (χ0) is 13.7. The first kappa shape index (κ1) is 16.6. The molecule has 0 aliphatic carbocycles. The van der Waals surface area contributed by atoms with Gasteiger partial charge < -0.3 is 15.7 Å². The van der Waals surface area contributed by atoms with Crippen LogP contribution in [0.25, 0.3) is 0 Å². The van der Waals surface area contributed by atoms with Crippen LogP contribution in [0.2, 0.25) is 0 Å². The molecule has 20 heavy (non-hydrogen) atoms. The molecule has 0 saturated carbocycles. The third-order valence-corrected chi connectivity index (χ3v) is 3.46. The maximum Gasteiger partial charge on any atom is 0.217 e. The van der Waals surface area contributed by atoms with E-state index in [0.29, 0.717) is 12.2 Å². The van der Waals surface area contributed by atoms with E-state index in [1.165, 1.54) is 0 Å². The number of phenols is 1. The Hall–Kier alpha value is -1.46. The van der Waals surface area contributed by atoms with Crippen molar-refractivity contribution in [2.24, 2.45) is 5.73 Å². The normalized spacial score (nSPS) is 15.7. The van der Waals surface area contributed by atoms with Crippen LogP contribution in [0.15, 0.2) is 24.3 Å². The summed E-state index contributed by atoms with van der Waals surface area (Å²) in [6, 6.07) is 7.36. The van der Waals surface area contributed by atoms with E-state index in [1.807, 2.05) is 12.1 Å². The van der Waals surface area contributed by atoms with E-state index >= 15 is 0 Å². The third-order valence-electron chi connectivity index (χ3n) is 3.46. The maximum atomic E-state index is 10.7. The molecule has 0 bridgehead atoms. The Morgan fingerprint density at radius 1 is 1.25 bits per heavy atom. The van der Waals surface area contributed by atoms with Crippen molar-refractivity contribution >= 4 is 24.0 Å². The van der Waals surface area contributed by atoms with Crippen LogP contribution >= 0.6 is 12.4 Å². The van der Waals surface area contributed by atoms with Crippen LogP contribution in [-0.4, -0.2) is 48.6 Å². The van der Waals surface area contributed by atoms with Gasteiger partial charge in [-0.2, -0.15) is 0 Å². The number of amides is 1. The van der Waals surface area contributed by atoms with Gasteiger partial charge in [0.2, 0.25) is 5.91 Å². The number of nitrogens with zero attached hydrogens (tertiary/aromatic N) is 2. The first-order chi connectivity index (χ1) is 9.15. The molecule has 0 aromatic heterocycles. The number of anilines is 1. The van der Waals surface area contributed by atoms with Gasteiger partial charge in [0.1, 0.15) is 5.75 Å². The van der Waals surface area contributed by atoms with E-state index < -0.39 is 0 Å². The van der Waals surface area contributed by atoms with Crippen LogP contribution in [-0.2, 0) is 4.79 Å². The number of phenolic OH excluding ortho intramolecular Hbond substituents is 1. The molecule has 1 aromatic carbocycles. The Bertz CT molecular complexity index is 434. The standard InChI is InChI=1S/C14H21N3O2.ClH/c15-14(19)5-2-6-16-7-9-17(10-8-16)12-3-1-4-13(18)11-12;/h1,3-4,11,18H,2,5-10H2,(H2,15,19);1H. The molecule has 0 unspecified atom stereocenters. The lowest BCUT2D eigenvalue weighted by Gasteiger charge is -2.36. The van der Waals surface area contributed by atoms with Crippen LogP contribution in [0.5, 0.6) is 5.75 Å². The number of hydrogen-bond acceptors (Lipinski definition) is 4. The highest BCUT2D eigenvalue weighted by atomic mass is 35.5. The van der Waals surface area contributed by atoms with Crippen molar-refractivity contribution in [2.75, 3.05) is 37.6 Å². The van der Waals surface area contributed by atoms with Crippen molar-refractivity contribution in [3.05, 3.63) is 24.3 Å². The number of primary amides is 1. The molecule has 1 aromatic rings. The number of carbonyl (C=O) groups is 1. The SMILES string of the molecule is Cl.NC(=O)CCCN1CCN(c2cccc(O)c2)CC1. The fourth-order valence-corrected chi connectivity index (χ4v) is 2.40. The van der Waals surface area contributed by atoms with Gasteiger partial charge in [-0.05, 0) is 25.1 Å². The molecular weight excluding hydrogens is 278 g/mol. The van der Waals surface area contributed by atoms with E-state index in [2.05, 4.69) is 9.80 Å². The second-order valence-electron chi connectivity index (χ2n) is 4.92. The number of nitrogens with two attached hydrogens (primary N) is 1. The quantitative estimate of drug-likeness (QED) is 0.857. The van der Waals surface area contributed by atoms with Crippen molar-refractivity contribution in [1.82, 2.24) is 4.90 Å². The summed E-state index contributed by atoms with van der Waals surface area (Å²) in [5.74, 6) is 0.0831. The summed E-state index contributed by atoms with van der Waals surface area (Å²) in [4.78, 5) is 15.3. The molecule has 0 spiro atoms. The predicted molar refractivity (Wildman–Crippen MR) is 82.4 cm³/mol. The Morgan fingerprint density at radius 3 is 2.55 bits per heavy atom. The molecule has 5 nitrogen and oxygen atoms in total. The fourth-order valence-electron chi connectivity index (χ4n) is 2.40. The maximum absolute atomic E-state index is 10.7. The van der Waals surface area contributed by atoms with E-state index in [4.69, 9.17) is 5.73 Å². The fraction of sp³-hybridized carbons (Fsp3) is 0.500. The van der Waals surface area contributed by atoms with Crippen LogP contribution < -0.4 is 10.6 Å². The molecule has 1 heterocycles. The highest BCUT2D eigenvalue weighted by Crippen LogP contribution is 2.21. The summed E-state index contributed by atoms with van der Waals surface area (Å²) in [6.07, 6.45) is 1.30. The molecule has 1 saturated heterocycles. The lowest BCUT2D eigenvalue weighted by molar-refractivity contribution is -0.118. The average Bonchev–Trinajstić information content (AvgIpc) is 2.39. The van der Waals surface area contributed by atoms with Crippen LogP contribution in [0.1, 0.15) is 12.8 Å². The second kappa shape index (κ2) is 7.97. The van der Waals surface area contributed by atoms with E-state index in [0.717, 1.165) is 44.8 Å². The minimum absolute atomic E-state index is 0. The summed E-state index contributed by atoms with van der Waals surface area (Å²) in [5, 5.41) is 9.48. The van der Waals surface area contributed by atoms with Crippen molar-refractivity contribution in [3.8, 4) is 5.75 Å². The zero-order valence-electron chi connectivity index (χ0n) is 11.5. The Labute approximate surface area is 125 Å². The molecule has 112 valence electrons. The molecule has 0 atom stereocenters. The number of carbonyl (C=O) groups excluding carboxylic acids is 1.